The lowest BCUT2D eigenvalue weighted by molar-refractivity contribution is -0.135. The lowest BCUT2D eigenvalue weighted by atomic mass is 10.1. The van der Waals surface area contributed by atoms with Crippen LogP contribution >= 0.6 is 0 Å². The summed E-state index contributed by atoms with van der Waals surface area (Å²) >= 11 is 0. The largest absolute Gasteiger partial charge is 0.490 e. The molecular formula is C20H26N2O3. The van der Waals surface area contributed by atoms with E-state index in [1.165, 1.54) is 0 Å². The van der Waals surface area contributed by atoms with Crippen LogP contribution in [0, 0.1) is 5.92 Å². The molecule has 25 heavy (non-hydrogen) atoms. The first kappa shape index (κ1) is 18.9. The number of carbonyl (C=O) groups is 1. The Morgan fingerprint density at radius 1 is 1.20 bits per heavy atom. The van der Waals surface area contributed by atoms with E-state index in [9.17, 15) is 4.79 Å². The molecule has 0 saturated carbocycles. The molecule has 0 aliphatic carbocycles. The first-order valence-electron chi connectivity index (χ1n) is 8.90. The molecule has 0 saturated heterocycles. The van der Waals surface area contributed by atoms with E-state index in [-0.39, 0.29) is 17.9 Å². The van der Waals surface area contributed by atoms with Crippen molar-refractivity contribution in [3.05, 3.63) is 36.5 Å². The van der Waals surface area contributed by atoms with Crippen LogP contribution in [0.3, 0.4) is 0 Å². The number of aromatic nitrogens is 2. The molecule has 0 amide bonds. The topological polar surface area (TPSA) is 61.3 Å². The van der Waals surface area contributed by atoms with Crippen LogP contribution in [-0.2, 0) is 4.79 Å². The molecule has 2 rings (SSSR count). The number of unbranched alkanes of at least 4 members (excludes halogenated alkanes) is 1. The normalized spacial score (nSPS) is 11.8. The van der Waals surface area contributed by atoms with Gasteiger partial charge in [-0.05, 0) is 12.3 Å². The van der Waals surface area contributed by atoms with Crippen molar-refractivity contribution in [2.75, 3.05) is 6.61 Å². The second-order valence-electron chi connectivity index (χ2n) is 6.13. The van der Waals surface area contributed by atoms with Gasteiger partial charge in [0.25, 0.3) is 0 Å². The van der Waals surface area contributed by atoms with Gasteiger partial charge in [0.05, 0.1) is 12.8 Å². The Labute approximate surface area is 149 Å². The molecule has 0 fully saturated rings. The standard InChI is InChI=1S/C20H26N2O3/c1-4-6-12-24-17-14-21-20(25-18(23)13-15(3)5-2)22-19(17)16-10-8-7-9-11-16/h7-11,14-15H,4-6,12-13H2,1-3H3. The third kappa shape index (κ3) is 5.85. The van der Waals surface area contributed by atoms with E-state index in [0.717, 1.165) is 24.8 Å². The van der Waals surface area contributed by atoms with E-state index in [0.29, 0.717) is 24.5 Å². The monoisotopic (exact) mass is 342 g/mol. The summed E-state index contributed by atoms with van der Waals surface area (Å²) in [6.07, 6.45) is 4.87. The Morgan fingerprint density at radius 2 is 1.96 bits per heavy atom. The predicted octanol–water partition coefficient (Wildman–Crippen LogP) is 4.66. The first-order valence-corrected chi connectivity index (χ1v) is 8.90. The van der Waals surface area contributed by atoms with E-state index in [4.69, 9.17) is 9.47 Å². The highest BCUT2D eigenvalue weighted by Gasteiger charge is 2.15. The minimum Gasteiger partial charge on any atom is -0.490 e. The van der Waals surface area contributed by atoms with Crippen LogP contribution in [0.1, 0.15) is 46.5 Å². The molecule has 1 heterocycles. The minimum absolute atomic E-state index is 0.0648. The van der Waals surface area contributed by atoms with Gasteiger partial charge in [0.2, 0.25) is 0 Å². The number of nitrogens with zero attached hydrogens (tertiary/aromatic N) is 2. The van der Waals surface area contributed by atoms with Gasteiger partial charge in [-0.1, -0.05) is 63.9 Å². The second-order valence-corrected chi connectivity index (χ2v) is 6.13. The van der Waals surface area contributed by atoms with Crippen molar-refractivity contribution in [1.82, 2.24) is 9.97 Å². The molecule has 0 spiro atoms. The summed E-state index contributed by atoms with van der Waals surface area (Å²) in [7, 11) is 0. The molecule has 0 radical (unpaired) electrons. The number of rotatable bonds is 9. The average molecular weight is 342 g/mol. The third-order valence-electron chi connectivity index (χ3n) is 3.95. The fourth-order valence-electron chi connectivity index (χ4n) is 2.21. The van der Waals surface area contributed by atoms with Crippen LogP contribution in [0.2, 0.25) is 0 Å². The smallest absolute Gasteiger partial charge is 0.325 e. The van der Waals surface area contributed by atoms with Crippen molar-refractivity contribution in [2.45, 2.75) is 46.5 Å². The van der Waals surface area contributed by atoms with Crippen molar-refractivity contribution in [3.63, 3.8) is 0 Å². The molecule has 1 unspecified atom stereocenters. The molecule has 134 valence electrons. The Kier molecular flexibility index (Phi) is 7.38. The van der Waals surface area contributed by atoms with Gasteiger partial charge in [-0.15, -0.1) is 0 Å². The zero-order valence-corrected chi connectivity index (χ0v) is 15.2. The maximum Gasteiger partial charge on any atom is 0.325 e. The molecule has 5 heteroatoms. The molecule has 0 aliphatic rings. The van der Waals surface area contributed by atoms with Crippen molar-refractivity contribution < 1.29 is 14.3 Å². The van der Waals surface area contributed by atoms with E-state index in [2.05, 4.69) is 16.9 Å². The summed E-state index contributed by atoms with van der Waals surface area (Å²) in [5, 5.41) is 0. The Hall–Kier alpha value is -2.43. The van der Waals surface area contributed by atoms with Gasteiger partial charge in [-0.25, -0.2) is 0 Å². The molecule has 1 atom stereocenters. The molecular weight excluding hydrogens is 316 g/mol. The second kappa shape index (κ2) is 9.77. The van der Waals surface area contributed by atoms with Crippen molar-refractivity contribution in [2.24, 2.45) is 5.92 Å². The lowest BCUT2D eigenvalue weighted by Gasteiger charge is -2.12. The summed E-state index contributed by atoms with van der Waals surface area (Å²) in [6.45, 7) is 6.78. The first-order chi connectivity index (χ1) is 12.1. The molecule has 0 N–H and O–H groups in total. The number of carbonyl (C=O) groups excluding carboxylic acids is 1. The van der Waals surface area contributed by atoms with Crippen LogP contribution in [0.5, 0.6) is 11.8 Å². The third-order valence-corrected chi connectivity index (χ3v) is 3.95. The van der Waals surface area contributed by atoms with E-state index < -0.39 is 0 Å². The number of hydrogen-bond donors (Lipinski definition) is 0. The van der Waals surface area contributed by atoms with Gasteiger partial charge in [0, 0.05) is 12.0 Å². The molecule has 1 aromatic carbocycles. The number of ether oxygens (including phenoxy) is 2. The van der Waals surface area contributed by atoms with Gasteiger partial charge in [0.1, 0.15) is 5.69 Å². The molecule has 1 aromatic heterocycles. The Balaban J connectivity index is 2.21. The quantitative estimate of drug-likeness (QED) is 0.490. The highest BCUT2D eigenvalue weighted by molar-refractivity contribution is 5.72. The SMILES string of the molecule is CCCCOc1cnc(OC(=O)CC(C)CC)nc1-c1ccccc1. The summed E-state index contributed by atoms with van der Waals surface area (Å²) in [5.74, 6) is 0.562. The van der Waals surface area contributed by atoms with Gasteiger partial charge in [-0.2, -0.15) is 9.97 Å². The predicted molar refractivity (Wildman–Crippen MR) is 97.6 cm³/mol. The number of hydrogen-bond acceptors (Lipinski definition) is 5. The summed E-state index contributed by atoms with van der Waals surface area (Å²) in [4.78, 5) is 20.5. The summed E-state index contributed by atoms with van der Waals surface area (Å²) in [6, 6.07) is 9.76. The van der Waals surface area contributed by atoms with Crippen LogP contribution in [-0.4, -0.2) is 22.5 Å². The van der Waals surface area contributed by atoms with Gasteiger partial charge in [-0.3, -0.25) is 4.79 Å². The van der Waals surface area contributed by atoms with E-state index >= 15 is 0 Å². The fourth-order valence-corrected chi connectivity index (χ4v) is 2.21. The molecule has 2 aromatic rings. The van der Waals surface area contributed by atoms with E-state index in [1.54, 1.807) is 6.20 Å². The van der Waals surface area contributed by atoms with Crippen molar-refractivity contribution >= 4 is 5.97 Å². The highest BCUT2D eigenvalue weighted by atomic mass is 16.5. The number of esters is 1. The van der Waals surface area contributed by atoms with Crippen molar-refractivity contribution in [1.29, 1.82) is 0 Å². The molecule has 0 bridgehead atoms. The Bertz CT molecular complexity index is 674. The molecule has 0 aliphatic heterocycles. The summed E-state index contributed by atoms with van der Waals surface area (Å²) in [5.41, 5.74) is 1.54. The van der Waals surface area contributed by atoms with Gasteiger partial charge < -0.3 is 9.47 Å². The maximum atomic E-state index is 12.0. The fraction of sp³-hybridized carbons (Fsp3) is 0.450. The number of benzene rings is 1. The minimum atomic E-state index is -0.312. The zero-order chi connectivity index (χ0) is 18.1. The Morgan fingerprint density at radius 3 is 2.64 bits per heavy atom. The van der Waals surface area contributed by atoms with Crippen LogP contribution in [0.25, 0.3) is 11.3 Å². The maximum absolute atomic E-state index is 12.0. The van der Waals surface area contributed by atoms with Crippen LogP contribution in [0.15, 0.2) is 36.5 Å². The zero-order valence-electron chi connectivity index (χ0n) is 15.2. The lowest BCUT2D eigenvalue weighted by Crippen LogP contribution is -2.14. The van der Waals surface area contributed by atoms with Crippen LogP contribution < -0.4 is 9.47 Å². The van der Waals surface area contributed by atoms with Crippen LogP contribution in [0.4, 0.5) is 0 Å². The van der Waals surface area contributed by atoms with Crippen molar-refractivity contribution in [3.8, 4) is 23.0 Å². The highest BCUT2D eigenvalue weighted by Crippen LogP contribution is 2.29. The van der Waals surface area contributed by atoms with Gasteiger partial charge in [0.15, 0.2) is 5.75 Å². The molecule has 5 nitrogen and oxygen atoms in total. The van der Waals surface area contributed by atoms with Gasteiger partial charge >= 0.3 is 12.0 Å². The van der Waals surface area contributed by atoms with E-state index in [1.807, 2.05) is 44.2 Å². The average Bonchev–Trinajstić information content (AvgIpc) is 2.63. The summed E-state index contributed by atoms with van der Waals surface area (Å²) < 4.78 is 11.1.